The van der Waals surface area contributed by atoms with Crippen molar-refractivity contribution in [2.45, 2.75) is 32.3 Å². The first-order valence-electron chi connectivity index (χ1n) is 5.20. The minimum atomic E-state index is 0.00283. The molecule has 1 heterocycles. The zero-order valence-corrected chi connectivity index (χ0v) is 7.87. The molecule has 0 aromatic carbocycles. The lowest BCUT2D eigenvalue weighted by molar-refractivity contribution is 0.0866. The van der Waals surface area contributed by atoms with Crippen LogP contribution in [0.2, 0.25) is 0 Å². The normalized spacial score (nSPS) is 43.0. The maximum Gasteiger partial charge on any atom is 0.0543 e. The van der Waals surface area contributed by atoms with Gasteiger partial charge in [0, 0.05) is 13.1 Å². The lowest BCUT2D eigenvalue weighted by Crippen LogP contribution is -2.26. The number of rotatable bonds is 1. The van der Waals surface area contributed by atoms with Crippen LogP contribution in [0, 0.1) is 11.8 Å². The van der Waals surface area contributed by atoms with Crippen molar-refractivity contribution in [1.82, 2.24) is 4.90 Å². The van der Waals surface area contributed by atoms with Gasteiger partial charge in [-0.15, -0.1) is 0 Å². The van der Waals surface area contributed by atoms with E-state index < -0.39 is 0 Å². The van der Waals surface area contributed by atoms with Gasteiger partial charge in [-0.2, -0.15) is 0 Å². The van der Waals surface area contributed by atoms with E-state index in [2.05, 4.69) is 11.8 Å². The van der Waals surface area contributed by atoms with E-state index in [-0.39, 0.29) is 6.10 Å². The minimum Gasteiger partial charge on any atom is -0.393 e. The van der Waals surface area contributed by atoms with Crippen LogP contribution in [0.5, 0.6) is 0 Å². The average molecular weight is 169 g/mol. The Kier molecular flexibility index (Phi) is 2.37. The van der Waals surface area contributed by atoms with Crippen molar-refractivity contribution in [3.63, 3.8) is 0 Å². The van der Waals surface area contributed by atoms with Crippen LogP contribution < -0.4 is 0 Å². The molecule has 0 aromatic heterocycles. The van der Waals surface area contributed by atoms with E-state index in [0.717, 1.165) is 24.7 Å². The summed E-state index contributed by atoms with van der Waals surface area (Å²) in [6, 6.07) is 0. The summed E-state index contributed by atoms with van der Waals surface area (Å²) >= 11 is 0. The van der Waals surface area contributed by atoms with E-state index >= 15 is 0 Å². The Morgan fingerprint density at radius 1 is 1.25 bits per heavy atom. The fourth-order valence-electron chi connectivity index (χ4n) is 2.76. The summed E-state index contributed by atoms with van der Waals surface area (Å²) in [6.45, 7) is 5.93. The van der Waals surface area contributed by atoms with Gasteiger partial charge in [0.2, 0.25) is 0 Å². The zero-order chi connectivity index (χ0) is 8.55. The van der Waals surface area contributed by atoms with Crippen LogP contribution in [0.15, 0.2) is 0 Å². The second kappa shape index (κ2) is 3.35. The second-order valence-electron chi connectivity index (χ2n) is 4.34. The van der Waals surface area contributed by atoms with Crippen LogP contribution in [0.25, 0.3) is 0 Å². The molecule has 1 saturated heterocycles. The monoisotopic (exact) mass is 169 g/mol. The van der Waals surface area contributed by atoms with Crippen molar-refractivity contribution in [2.75, 3.05) is 19.6 Å². The van der Waals surface area contributed by atoms with Crippen LogP contribution in [-0.4, -0.2) is 35.7 Å². The molecule has 0 radical (unpaired) electrons. The molecule has 0 bridgehead atoms. The number of aliphatic hydroxyl groups excluding tert-OH is 1. The van der Waals surface area contributed by atoms with Crippen LogP contribution in [0.1, 0.15) is 26.2 Å². The Balaban J connectivity index is 1.93. The Hall–Kier alpha value is -0.0800. The first-order chi connectivity index (χ1) is 5.79. The number of hydrogen-bond donors (Lipinski definition) is 1. The van der Waals surface area contributed by atoms with Crippen molar-refractivity contribution in [3.8, 4) is 0 Å². The highest BCUT2D eigenvalue weighted by atomic mass is 16.3. The van der Waals surface area contributed by atoms with E-state index in [4.69, 9.17) is 0 Å². The number of nitrogens with zero attached hydrogens (tertiary/aromatic N) is 1. The molecule has 70 valence electrons. The van der Waals surface area contributed by atoms with Gasteiger partial charge in [0.25, 0.3) is 0 Å². The number of fused-ring (bicyclic) bond motifs is 1. The van der Waals surface area contributed by atoms with Crippen LogP contribution in [0.4, 0.5) is 0 Å². The van der Waals surface area contributed by atoms with Gasteiger partial charge >= 0.3 is 0 Å². The van der Waals surface area contributed by atoms with E-state index in [0.29, 0.717) is 0 Å². The lowest BCUT2D eigenvalue weighted by atomic mass is 9.80. The first kappa shape index (κ1) is 8.52. The second-order valence-corrected chi connectivity index (χ2v) is 4.34. The van der Waals surface area contributed by atoms with Crippen LogP contribution in [-0.2, 0) is 0 Å². The summed E-state index contributed by atoms with van der Waals surface area (Å²) in [6.07, 6.45) is 3.35. The minimum absolute atomic E-state index is 0.00283. The summed E-state index contributed by atoms with van der Waals surface area (Å²) in [5, 5.41) is 9.50. The molecule has 3 unspecified atom stereocenters. The van der Waals surface area contributed by atoms with Gasteiger partial charge in [0.1, 0.15) is 0 Å². The van der Waals surface area contributed by atoms with Gasteiger partial charge in [-0.3, -0.25) is 0 Å². The molecule has 3 atom stereocenters. The smallest absolute Gasteiger partial charge is 0.0543 e. The standard InChI is InChI=1S/C10H19NO/c1-2-11-6-8-3-4-10(12)5-9(8)7-11/h8-10,12H,2-7H2,1H3. The third-order valence-electron chi connectivity index (χ3n) is 3.54. The maximum atomic E-state index is 9.50. The molecular formula is C10H19NO. The predicted octanol–water partition coefficient (Wildman–Crippen LogP) is 1.10. The SMILES string of the molecule is CCN1CC2CCC(O)CC2C1. The largest absolute Gasteiger partial charge is 0.393 e. The molecule has 0 aromatic rings. The highest BCUT2D eigenvalue weighted by Crippen LogP contribution is 2.35. The van der Waals surface area contributed by atoms with Crippen molar-refractivity contribution < 1.29 is 5.11 Å². The zero-order valence-electron chi connectivity index (χ0n) is 7.87. The molecule has 1 saturated carbocycles. The van der Waals surface area contributed by atoms with E-state index in [1.807, 2.05) is 0 Å². The number of likely N-dealkylation sites (tertiary alicyclic amines) is 1. The number of hydrogen-bond acceptors (Lipinski definition) is 2. The molecule has 0 spiro atoms. The first-order valence-corrected chi connectivity index (χ1v) is 5.20. The molecule has 0 amide bonds. The fraction of sp³-hybridized carbons (Fsp3) is 1.00. The van der Waals surface area contributed by atoms with Crippen molar-refractivity contribution in [2.24, 2.45) is 11.8 Å². The quantitative estimate of drug-likeness (QED) is 0.635. The summed E-state index contributed by atoms with van der Waals surface area (Å²) in [4.78, 5) is 2.52. The Labute approximate surface area is 74.6 Å². The predicted molar refractivity (Wildman–Crippen MR) is 49.0 cm³/mol. The van der Waals surface area contributed by atoms with E-state index in [1.54, 1.807) is 0 Å². The van der Waals surface area contributed by atoms with Gasteiger partial charge < -0.3 is 10.0 Å². The van der Waals surface area contributed by atoms with Crippen LogP contribution >= 0.6 is 0 Å². The Morgan fingerprint density at radius 3 is 2.75 bits per heavy atom. The summed E-state index contributed by atoms with van der Waals surface area (Å²) in [5.41, 5.74) is 0. The molecule has 2 nitrogen and oxygen atoms in total. The highest BCUT2D eigenvalue weighted by molar-refractivity contribution is 4.88. The van der Waals surface area contributed by atoms with Crippen molar-refractivity contribution in [3.05, 3.63) is 0 Å². The maximum absolute atomic E-state index is 9.50. The van der Waals surface area contributed by atoms with E-state index in [1.165, 1.54) is 26.1 Å². The highest BCUT2D eigenvalue weighted by Gasteiger charge is 2.36. The molecule has 1 N–H and O–H groups in total. The molecule has 1 aliphatic heterocycles. The Bertz CT molecular complexity index is 160. The molecule has 2 rings (SSSR count). The third kappa shape index (κ3) is 1.50. The lowest BCUT2D eigenvalue weighted by Gasteiger charge is -2.27. The summed E-state index contributed by atoms with van der Waals surface area (Å²) in [7, 11) is 0. The average Bonchev–Trinajstić information content (AvgIpc) is 2.46. The van der Waals surface area contributed by atoms with Crippen molar-refractivity contribution >= 4 is 0 Å². The summed E-state index contributed by atoms with van der Waals surface area (Å²) < 4.78 is 0. The van der Waals surface area contributed by atoms with Crippen LogP contribution in [0.3, 0.4) is 0 Å². The molecular weight excluding hydrogens is 150 g/mol. The van der Waals surface area contributed by atoms with Gasteiger partial charge in [-0.25, -0.2) is 0 Å². The third-order valence-corrected chi connectivity index (χ3v) is 3.54. The molecule has 1 aliphatic carbocycles. The molecule has 2 aliphatic rings. The number of aliphatic hydroxyl groups is 1. The van der Waals surface area contributed by atoms with Gasteiger partial charge in [-0.05, 0) is 37.6 Å². The Morgan fingerprint density at radius 2 is 2.00 bits per heavy atom. The molecule has 2 fully saturated rings. The van der Waals surface area contributed by atoms with Gasteiger partial charge in [-0.1, -0.05) is 6.92 Å². The van der Waals surface area contributed by atoms with Gasteiger partial charge in [0.15, 0.2) is 0 Å². The summed E-state index contributed by atoms with van der Waals surface area (Å²) in [5.74, 6) is 1.70. The fourth-order valence-corrected chi connectivity index (χ4v) is 2.76. The molecule has 12 heavy (non-hydrogen) atoms. The molecule has 2 heteroatoms. The topological polar surface area (TPSA) is 23.5 Å². The van der Waals surface area contributed by atoms with E-state index in [9.17, 15) is 5.11 Å². The van der Waals surface area contributed by atoms with Crippen molar-refractivity contribution in [1.29, 1.82) is 0 Å². The van der Waals surface area contributed by atoms with Gasteiger partial charge in [0.05, 0.1) is 6.10 Å².